The molecule has 1 aliphatic rings. The van der Waals surface area contributed by atoms with Crippen molar-refractivity contribution in [1.82, 2.24) is 0 Å². The Morgan fingerprint density at radius 1 is 0.481 bits per heavy atom. The summed E-state index contributed by atoms with van der Waals surface area (Å²) in [6.45, 7) is 4.70. The number of fused-ring (bicyclic) bond motifs is 10. The highest BCUT2D eigenvalue weighted by molar-refractivity contribution is 7.26. The van der Waals surface area contributed by atoms with Crippen LogP contribution in [-0.2, 0) is 5.41 Å². The Bertz CT molecular complexity index is 3060. The van der Waals surface area contributed by atoms with E-state index in [0.29, 0.717) is 0 Å². The molecule has 2 nitrogen and oxygen atoms in total. The molecular weight excluding hydrogens is 675 g/mol. The standard InChI is InChI=1S/C51H35NOS/c1-51(2)41-19-11-9-17-37(41)38-26-25-36(31-42(38)51)52(35-23-21-33(22-24-35)32-13-5-3-6-14-32)43-28-27-40-48-44(53-50(40)47(43)34-15-7-4-8-16-34)29-30-46-49(48)39-18-10-12-20-45(39)54-46/h3-31H,1-2H3. The third kappa shape index (κ3) is 4.58. The molecule has 3 heteroatoms. The zero-order valence-electron chi connectivity index (χ0n) is 30.0. The average Bonchev–Trinajstić information content (AvgIpc) is 3.86. The zero-order valence-corrected chi connectivity index (χ0v) is 30.8. The minimum atomic E-state index is -0.135. The molecule has 0 N–H and O–H groups in total. The minimum Gasteiger partial charge on any atom is -0.455 e. The highest BCUT2D eigenvalue weighted by Crippen LogP contribution is 2.53. The van der Waals surface area contributed by atoms with E-state index in [-0.39, 0.29) is 5.41 Å². The lowest BCUT2D eigenvalue weighted by molar-refractivity contribution is 0.660. The average molecular weight is 710 g/mol. The summed E-state index contributed by atoms with van der Waals surface area (Å²) in [4.78, 5) is 2.43. The largest absolute Gasteiger partial charge is 0.455 e. The predicted octanol–water partition coefficient (Wildman–Crippen LogP) is 15.1. The maximum absolute atomic E-state index is 7.03. The van der Waals surface area contributed by atoms with Crippen LogP contribution in [0.4, 0.5) is 17.1 Å². The van der Waals surface area contributed by atoms with Crippen LogP contribution in [0.3, 0.4) is 0 Å². The first-order chi connectivity index (χ1) is 26.5. The van der Waals surface area contributed by atoms with Gasteiger partial charge < -0.3 is 9.32 Å². The lowest BCUT2D eigenvalue weighted by Gasteiger charge is -2.30. The highest BCUT2D eigenvalue weighted by Gasteiger charge is 2.36. The molecule has 10 aromatic rings. The molecule has 2 heterocycles. The molecule has 0 spiro atoms. The van der Waals surface area contributed by atoms with Crippen molar-refractivity contribution in [2.45, 2.75) is 19.3 Å². The number of nitrogens with zero attached hydrogens (tertiary/aromatic N) is 1. The van der Waals surface area contributed by atoms with Gasteiger partial charge >= 0.3 is 0 Å². The van der Waals surface area contributed by atoms with Crippen molar-refractivity contribution in [1.29, 1.82) is 0 Å². The molecule has 0 aliphatic heterocycles. The fourth-order valence-corrected chi connectivity index (χ4v) is 10.0. The second kappa shape index (κ2) is 11.8. The summed E-state index contributed by atoms with van der Waals surface area (Å²) >= 11 is 1.85. The highest BCUT2D eigenvalue weighted by atomic mass is 32.1. The number of thiophene rings is 1. The van der Waals surface area contributed by atoms with Crippen molar-refractivity contribution >= 4 is 70.5 Å². The molecule has 11 rings (SSSR count). The lowest BCUT2D eigenvalue weighted by Crippen LogP contribution is -2.17. The van der Waals surface area contributed by atoms with E-state index in [1.807, 2.05) is 11.3 Å². The van der Waals surface area contributed by atoms with E-state index < -0.39 is 0 Å². The summed E-state index contributed by atoms with van der Waals surface area (Å²) in [5.41, 5.74) is 14.9. The Morgan fingerprint density at radius 2 is 1.15 bits per heavy atom. The summed E-state index contributed by atoms with van der Waals surface area (Å²) in [6.07, 6.45) is 0. The fraction of sp³-hybridized carbons (Fsp3) is 0.0588. The summed E-state index contributed by atoms with van der Waals surface area (Å²) in [7, 11) is 0. The molecule has 1 aliphatic carbocycles. The Balaban J connectivity index is 1.20. The number of hydrogen-bond acceptors (Lipinski definition) is 3. The van der Waals surface area contributed by atoms with Gasteiger partial charge in [0.25, 0.3) is 0 Å². The normalized spacial score (nSPS) is 13.1. The monoisotopic (exact) mass is 709 g/mol. The Kier molecular flexibility index (Phi) is 6.80. The fourth-order valence-electron chi connectivity index (χ4n) is 8.90. The van der Waals surface area contributed by atoms with Gasteiger partial charge in [0.05, 0.1) is 5.69 Å². The van der Waals surface area contributed by atoms with Gasteiger partial charge in [-0.3, -0.25) is 0 Å². The van der Waals surface area contributed by atoms with E-state index >= 15 is 0 Å². The maximum atomic E-state index is 7.03. The first kappa shape index (κ1) is 31.1. The first-order valence-electron chi connectivity index (χ1n) is 18.6. The second-order valence-electron chi connectivity index (χ2n) is 14.9. The Hall–Kier alpha value is -6.42. The number of anilines is 3. The molecule has 0 bridgehead atoms. The van der Waals surface area contributed by atoms with Gasteiger partial charge in [0, 0.05) is 53.3 Å². The molecule has 0 unspecified atom stereocenters. The Morgan fingerprint density at radius 3 is 1.96 bits per heavy atom. The van der Waals surface area contributed by atoms with Crippen LogP contribution in [0.25, 0.3) is 75.5 Å². The van der Waals surface area contributed by atoms with E-state index in [4.69, 9.17) is 4.42 Å². The summed E-state index contributed by atoms with van der Waals surface area (Å²) in [5, 5.41) is 4.86. The van der Waals surface area contributed by atoms with Crippen molar-refractivity contribution in [3.8, 4) is 33.4 Å². The van der Waals surface area contributed by atoms with Gasteiger partial charge in [-0.1, -0.05) is 135 Å². The molecule has 0 amide bonds. The molecule has 8 aromatic carbocycles. The van der Waals surface area contributed by atoms with Gasteiger partial charge in [0.2, 0.25) is 0 Å². The molecule has 0 radical (unpaired) electrons. The van der Waals surface area contributed by atoms with Crippen molar-refractivity contribution in [2.75, 3.05) is 4.90 Å². The van der Waals surface area contributed by atoms with Crippen LogP contribution in [0.2, 0.25) is 0 Å². The van der Waals surface area contributed by atoms with Gasteiger partial charge in [0.15, 0.2) is 0 Å². The van der Waals surface area contributed by atoms with Gasteiger partial charge in [0.1, 0.15) is 11.2 Å². The second-order valence-corrected chi connectivity index (χ2v) is 15.9. The van der Waals surface area contributed by atoms with Crippen LogP contribution in [0, 0.1) is 0 Å². The molecule has 0 fully saturated rings. The SMILES string of the molecule is CC1(C)c2ccccc2-c2ccc(N(c3ccc(-c4ccccc4)cc3)c3ccc4c(oc5ccc6sc7ccccc7c6c54)c3-c3ccccc3)cc21. The summed E-state index contributed by atoms with van der Waals surface area (Å²) in [6, 6.07) is 64.0. The van der Waals surface area contributed by atoms with E-state index in [1.54, 1.807) is 0 Å². The first-order valence-corrected chi connectivity index (χ1v) is 19.4. The third-order valence-electron chi connectivity index (χ3n) is 11.5. The molecule has 0 saturated carbocycles. The lowest BCUT2D eigenvalue weighted by atomic mass is 9.82. The van der Waals surface area contributed by atoms with E-state index in [1.165, 1.54) is 58.9 Å². The summed E-state index contributed by atoms with van der Waals surface area (Å²) in [5.74, 6) is 0. The molecule has 0 saturated heterocycles. The molecule has 2 aromatic heterocycles. The number of benzene rings is 8. The van der Waals surface area contributed by atoms with Crippen LogP contribution in [-0.4, -0.2) is 0 Å². The molecule has 256 valence electrons. The number of furan rings is 1. The minimum absolute atomic E-state index is 0.135. The van der Waals surface area contributed by atoms with E-state index in [9.17, 15) is 0 Å². The summed E-state index contributed by atoms with van der Waals surface area (Å²) < 4.78 is 9.60. The van der Waals surface area contributed by atoms with E-state index in [0.717, 1.165) is 44.7 Å². The van der Waals surface area contributed by atoms with Crippen molar-refractivity contribution < 1.29 is 4.42 Å². The van der Waals surface area contributed by atoms with E-state index in [2.05, 4.69) is 195 Å². The third-order valence-corrected chi connectivity index (χ3v) is 12.6. The quantitative estimate of drug-likeness (QED) is 0.177. The number of hydrogen-bond donors (Lipinski definition) is 0. The van der Waals surface area contributed by atoms with Crippen LogP contribution in [0.1, 0.15) is 25.0 Å². The van der Waals surface area contributed by atoms with Crippen molar-refractivity contribution in [3.63, 3.8) is 0 Å². The topological polar surface area (TPSA) is 16.4 Å². The molecule has 0 atom stereocenters. The van der Waals surface area contributed by atoms with Crippen LogP contribution in [0.15, 0.2) is 180 Å². The molecular formula is C51H35NOS. The predicted molar refractivity (Wildman–Crippen MR) is 230 cm³/mol. The number of rotatable bonds is 5. The van der Waals surface area contributed by atoms with Crippen LogP contribution in [0.5, 0.6) is 0 Å². The van der Waals surface area contributed by atoms with Crippen molar-refractivity contribution in [3.05, 3.63) is 187 Å². The van der Waals surface area contributed by atoms with Gasteiger partial charge in [-0.25, -0.2) is 0 Å². The van der Waals surface area contributed by atoms with Crippen LogP contribution >= 0.6 is 11.3 Å². The zero-order chi connectivity index (χ0) is 36.0. The molecule has 54 heavy (non-hydrogen) atoms. The van der Waals surface area contributed by atoms with Gasteiger partial charge in [-0.15, -0.1) is 11.3 Å². The van der Waals surface area contributed by atoms with Gasteiger partial charge in [-0.2, -0.15) is 0 Å². The maximum Gasteiger partial charge on any atom is 0.145 e. The van der Waals surface area contributed by atoms with Crippen LogP contribution < -0.4 is 4.90 Å². The Labute approximate surface area is 318 Å². The van der Waals surface area contributed by atoms with Crippen molar-refractivity contribution in [2.24, 2.45) is 0 Å². The smallest absolute Gasteiger partial charge is 0.145 e. The van der Waals surface area contributed by atoms with Gasteiger partial charge in [-0.05, 0) is 93.5 Å².